The molecule has 0 radical (unpaired) electrons. The van der Waals surface area contributed by atoms with E-state index in [2.05, 4.69) is 16.0 Å². The van der Waals surface area contributed by atoms with E-state index in [1.54, 1.807) is 0 Å². The molecule has 0 aliphatic rings. The second-order valence-electron chi connectivity index (χ2n) is 7.20. The van der Waals surface area contributed by atoms with Gasteiger partial charge in [-0.15, -0.1) is 0 Å². The number of aliphatic carboxylic acids is 2. The minimum absolute atomic E-state index is 0.0286. The molecule has 0 saturated heterocycles. The summed E-state index contributed by atoms with van der Waals surface area (Å²) in [7, 11) is 0. The lowest BCUT2D eigenvalue weighted by atomic mass is 10.1. The molecule has 0 aliphatic carbocycles. The number of hydrogen-bond acceptors (Lipinski definition) is 9. The molecule has 0 aliphatic heterocycles. The van der Waals surface area contributed by atoms with E-state index in [9.17, 15) is 33.9 Å². The van der Waals surface area contributed by atoms with E-state index >= 15 is 0 Å². The molecule has 0 bridgehead atoms. The van der Waals surface area contributed by atoms with Gasteiger partial charge in [-0.05, 0) is 32.2 Å². The van der Waals surface area contributed by atoms with Crippen LogP contribution in [0.15, 0.2) is 0 Å². The van der Waals surface area contributed by atoms with Gasteiger partial charge >= 0.3 is 11.9 Å². The summed E-state index contributed by atoms with van der Waals surface area (Å²) in [4.78, 5) is 70.6. The first kappa shape index (κ1) is 29.7. The molecule has 0 fully saturated rings. The molecule has 0 saturated carbocycles. The Hall–Kier alpha value is -3.30. The van der Waals surface area contributed by atoms with E-state index in [-0.39, 0.29) is 25.8 Å². The van der Waals surface area contributed by atoms with Crippen molar-refractivity contribution < 1.29 is 44.1 Å². The molecule has 15 nitrogen and oxygen atoms in total. The number of nitrogens with one attached hydrogen (secondary N) is 3. The van der Waals surface area contributed by atoms with Crippen LogP contribution in [-0.4, -0.2) is 88.2 Å². The van der Waals surface area contributed by atoms with Crippen molar-refractivity contribution in [3.63, 3.8) is 0 Å². The van der Waals surface area contributed by atoms with Crippen molar-refractivity contribution in [2.24, 2.45) is 17.2 Å². The molecular weight excluding hydrogens is 444 g/mol. The predicted molar refractivity (Wildman–Crippen MR) is 112 cm³/mol. The van der Waals surface area contributed by atoms with Gasteiger partial charge in [0.15, 0.2) is 0 Å². The molecule has 12 N–H and O–H groups in total. The zero-order valence-electron chi connectivity index (χ0n) is 18.0. The minimum Gasteiger partial charge on any atom is -0.481 e. The lowest BCUT2D eigenvalue weighted by Gasteiger charge is -2.24. The molecule has 4 atom stereocenters. The molecule has 0 aromatic heterocycles. The Balaban J connectivity index is 5.49. The van der Waals surface area contributed by atoms with E-state index < -0.39 is 72.8 Å². The number of rotatable bonds is 17. The number of hydrogen-bond donors (Lipinski definition) is 9. The fourth-order valence-electron chi connectivity index (χ4n) is 2.60. The van der Waals surface area contributed by atoms with Crippen LogP contribution >= 0.6 is 0 Å². The Labute approximate surface area is 189 Å². The number of carbonyl (C=O) groups is 6. The number of nitrogens with two attached hydrogens (primary N) is 3. The van der Waals surface area contributed by atoms with Crippen molar-refractivity contribution in [3.05, 3.63) is 0 Å². The number of carboxylic acids is 2. The highest BCUT2D eigenvalue weighted by Gasteiger charge is 2.31. The first-order chi connectivity index (χ1) is 15.4. The molecule has 188 valence electrons. The normalized spacial score (nSPS) is 14.3. The molecule has 4 amide bonds. The number of unbranched alkanes of at least 4 members (excludes halogenated alkanes) is 1. The molecule has 33 heavy (non-hydrogen) atoms. The summed E-state index contributed by atoms with van der Waals surface area (Å²) in [6.07, 6.45) is -0.566. The molecule has 0 heterocycles. The van der Waals surface area contributed by atoms with Crippen molar-refractivity contribution in [1.82, 2.24) is 16.0 Å². The Morgan fingerprint density at radius 3 is 1.82 bits per heavy atom. The highest BCUT2D eigenvalue weighted by Crippen LogP contribution is 2.06. The minimum atomic E-state index is -1.62. The third kappa shape index (κ3) is 12.4. The lowest BCUT2D eigenvalue weighted by molar-refractivity contribution is -0.143. The quantitative estimate of drug-likeness (QED) is 0.0905. The van der Waals surface area contributed by atoms with Crippen molar-refractivity contribution in [1.29, 1.82) is 0 Å². The van der Waals surface area contributed by atoms with E-state index in [1.807, 2.05) is 0 Å². The molecule has 0 aromatic carbocycles. The Morgan fingerprint density at radius 2 is 1.33 bits per heavy atom. The maximum absolute atomic E-state index is 12.7. The van der Waals surface area contributed by atoms with Crippen molar-refractivity contribution in [3.8, 4) is 0 Å². The second kappa shape index (κ2) is 15.5. The van der Waals surface area contributed by atoms with Crippen LogP contribution in [0, 0.1) is 0 Å². The monoisotopic (exact) mass is 476 g/mol. The predicted octanol–water partition coefficient (Wildman–Crippen LogP) is -4.29. The lowest BCUT2D eigenvalue weighted by Crippen LogP contribution is -2.57. The molecule has 0 aromatic rings. The molecule has 15 heteroatoms. The summed E-state index contributed by atoms with van der Waals surface area (Å²) >= 11 is 0. The highest BCUT2D eigenvalue weighted by atomic mass is 16.4. The fourth-order valence-corrected chi connectivity index (χ4v) is 2.60. The van der Waals surface area contributed by atoms with E-state index in [0.29, 0.717) is 12.8 Å². The Bertz CT molecular complexity index is 718. The van der Waals surface area contributed by atoms with Gasteiger partial charge in [0, 0.05) is 6.42 Å². The maximum Gasteiger partial charge on any atom is 0.326 e. The SMILES string of the molecule is NCCCCC(NC(=O)C(CC(=O)O)NC(=O)C(N)CO)C(=O)NC(CCC(N)=O)C(=O)O. The van der Waals surface area contributed by atoms with Gasteiger partial charge in [-0.1, -0.05) is 0 Å². The molecule has 0 rings (SSSR count). The summed E-state index contributed by atoms with van der Waals surface area (Å²) in [6, 6.07) is -5.78. The maximum atomic E-state index is 12.7. The van der Waals surface area contributed by atoms with Crippen molar-refractivity contribution in [2.75, 3.05) is 13.2 Å². The summed E-state index contributed by atoms with van der Waals surface area (Å²) in [6.45, 7) is -0.464. The van der Waals surface area contributed by atoms with Gasteiger partial charge in [0.05, 0.1) is 13.0 Å². The van der Waals surface area contributed by atoms with Gasteiger partial charge in [-0.25, -0.2) is 4.79 Å². The number of carboxylic acid groups (broad SMARTS) is 2. The largest absolute Gasteiger partial charge is 0.481 e. The zero-order chi connectivity index (χ0) is 25.6. The number of amides is 4. The van der Waals surface area contributed by atoms with Gasteiger partial charge < -0.3 is 48.5 Å². The van der Waals surface area contributed by atoms with Crippen LogP contribution in [0.5, 0.6) is 0 Å². The third-order valence-corrected chi connectivity index (χ3v) is 4.42. The Morgan fingerprint density at radius 1 is 0.788 bits per heavy atom. The van der Waals surface area contributed by atoms with Crippen LogP contribution in [0.1, 0.15) is 38.5 Å². The van der Waals surface area contributed by atoms with Crippen molar-refractivity contribution in [2.45, 2.75) is 62.7 Å². The standard InChI is InChI=1S/C18H32N6O9/c19-6-2-1-3-10(16(30)23-11(18(32)33)4-5-13(21)26)22-17(31)12(7-14(27)28)24-15(29)9(20)8-25/h9-12,25H,1-8,19-20H2,(H2,21,26)(H,22,31)(H,23,30)(H,24,29)(H,27,28)(H,32,33). The first-order valence-corrected chi connectivity index (χ1v) is 10.1. The van der Waals surface area contributed by atoms with Gasteiger partial charge in [-0.2, -0.15) is 0 Å². The number of aliphatic hydroxyl groups is 1. The highest BCUT2D eigenvalue weighted by molar-refractivity contribution is 5.95. The number of primary amides is 1. The molecular formula is C18H32N6O9. The van der Waals surface area contributed by atoms with E-state index in [0.717, 1.165) is 0 Å². The summed E-state index contributed by atoms with van der Waals surface area (Å²) in [5.41, 5.74) is 15.8. The average Bonchev–Trinajstić information content (AvgIpc) is 2.73. The van der Waals surface area contributed by atoms with Crippen molar-refractivity contribution >= 4 is 35.6 Å². The van der Waals surface area contributed by atoms with Crippen LogP contribution in [0.25, 0.3) is 0 Å². The average molecular weight is 476 g/mol. The summed E-state index contributed by atoms with van der Waals surface area (Å²) in [5, 5.41) is 33.8. The first-order valence-electron chi connectivity index (χ1n) is 10.1. The van der Waals surface area contributed by atoms with Gasteiger partial charge in [-0.3, -0.25) is 24.0 Å². The van der Waals surface area contributed by atoms with Gasteiger partial charge in [0.2, 0.25) is 23.6 Å². The molecule has 4 unspecified atom stereocenters. The Kier molecular flexibility index (Phi) is 13.9. The van der Waals surface area contributed by atoms with E-state index in [4.69, 9.17) is 27.4 Å². The van der Waals surface area contributed by atoms with Crippen LogP contribution in [0.4, 0.5) is 0 Å². The van der Waals surface area contributed by atoms with Crippen LogP contribution in [0.2, 0.25) is 0 Å². The molecule has 0 spiro atoms. The van der Waals surface area contributed by atoms with Crippen LogP contribution in [-0.2, 0) is 28.8 Å². The third-order valence-electron chi connectivity index (χ3n) is 4.42. The summed E-state index contributed by atoms with van der Waals surface area (Å²) in [5.74, 6) is -6.55. The topological polar surface area (TPSA) is 277 Å². The second-order valence-corrected chi connectivity index (χ2v) is 7.20. The van der Waals surface area contributed by atoms with Crippen LogP contribution in [0.3, 0.4) is 0 Å². The smallest absolute Gasteiger partial charge is 0.326 e. The zero-order valence-corrected chi connectivity index (χ0v) is 18.0. The number of carbonyl (C=O) groups excluding carboxylic acids is 4. The van der Waals surface area contributed by atoms with Gasteiger partial charge in [0.25, 0.3) is 0 Å². The van der Waals surface area contributed by atoms with Gasteiger partial charge in [0.1, 0.15) is 24.2 Å². The van der Waals surface area contributed by atoms with Crippen LogP contribution < -0.4 is 33.2 Å². The summed E-state index contributed by atoms with van der Waals surface area (Å²) < 4.78 is 0. The van der Waals surface area contributed by atoms with E-state index in [1.165, 1.54) is 0 Å². The number of aliphatic hydroxyl groups excluding tert-OH is 1. The fraction of sp³-hybridized carbons (Fsp3) is 0.667.